The van der Waals surface area contributed by atoms with E-state index in [1.807, 2.05) is 6.92 Å². The molecule has 0 aliphatic rings. The molecule has 0 unspecified atom stereocenters. The quantitative estimate of drug-likeness (QED) is 0.159. The van der Waals surface area contributed by atoms with Gasteiger partial charge in [0.2, 0.25) is 5.82 Å². The molecule has 1 nitrogen and oxygen atoms in total. The van der Waals surface area contributed by atoms with E-state index in [2.05, 4.69) is 13.1 Å². The van der Waals surface area contributed by atoms with Gasteiger partial charge in [-0.15, -0.1) is 0 Å². The molecule has 1 aromatic rings. The van der Waals surface area contributed by atoms with E-state index in [4.69, 9.17) is 4.43 Å². The van der Waals surface area contributed by atoms with Crippen molar-refractivity contribution in [1.82, 2.24) is 0 Å². The molecule has 0 fully saturated rings. The maximum Gasteiger partial charge on any atom is 0.200 e. The van der Waals surface area contributed by atoms with Crippen molar-refractivity contribution in [3.05, 3.63) is 34.6 Å². The number of unbranched alkanes of at least 4 members (excludes halogenated alkanes) is 4. The number of hydrogen-bond donors (Lipinski definition) is 0. The smallest absolute Gasteiger partial charge is 0.200 e. The number of benzene rings is 1. The van der Waals surface area contributed by atoms with Crippen LogP contribution in [0.2, 0.25) is 19.1 Å². The van der Waals surface area contributed by atoms with Gasteiger partial charge in [-0.05, 0) is 38.9 Å². The Morgan fingerprint density at radius 3 is 1.71 bits per heavy atom. The van der Waals surface area contributed by atoms with Crippen molar-refractivity contribution < 1.29 is 26.4 Å². The fourth-order valence-electron chi connectivity index (χ4n) is 2.72. The topological polar surface area (TPSA) is 9.23 Å². The third kappa shape index (κ3) is 5.84. The summed E-state index contributed by atoms with van der Waals surface area (Å²) in [6, 6.07) is 1.05. The van der Waals surface area contributed by atoms with Crippen molar-refractivity contribution in [2.75, 3.05) is 6.61 Å². The predicted octanol–water partition coefficient (Wildman–Crippen LogP) is 6.12. The zero-order valence-electron chi connectivity index (χ0n) is 14.5. The van der Waals surface area contributed by atoms with Crippen LogP contribution in [0.5, 0.6) is 0 Å². The summed E-state index contributed by atoms with van der Waals surface area (Å²) in [6.45, 7) is 7.04. The van der Waals surface area contributed by atoms with Crippen LogP contribution in [0, 0.1) is 29.1 Å². The van der Waals surface area contributed by atoms with Crippen LogP contribution in [0.1, 0.15) is 44.6 Å². The summed E-state index contributed by atoms with van der Waals surface area (Å²) in [6.07, 6.45) is 3.81. The molecule has 0 amide bonds. The number of rotatable bonds is 10. The van der Waals surface area contributed by atoms with Gasteiger partial charge in [0.25, 0.3) is 0 Å². The van der Waals surface area contributed by atoms with Crippen LogP contribution in [-0.2, 0) is 10.8 Å². The van der Waals surface area contributed by atoms with Crippen LogP contribution in [0.15, 0.2) is 0 Å². The lowest BCUT2D eigenvalue weighted by molar-refractivity contribution is 0.327. The van der Waals surface area contributed by atoms with E-state index >= 15 is 0 Å². The minimum Gasteiger partial charge on any atom is -0.418 e. The van der Waals surface area contributed by atoms with E-state index in [0.29, 0.717) is 12.8 Å². The van der Waals surface area contributed by atoms with Gasteiger partial charge in [-0.3, -0.25) is 0 Å². The lowest BCUT2D eigenvalue weighted by Gasteiger charge is -2.21. The molecular weight excluding hydrogens is 343 g/mol. The van der Waals surface area contributed by atoms with Gasteiger partial charge in [0.05, 0.1) is 0 Å². The highest BCUT2D eigenvalue weighted by atomic mass is 28.4. The molecule has 0 atom stereocenters. The second-order valence-electron chi connectivity index (χ2n) is 6.51. The summed E-state index contributed by atoms with van der Waals surface area (Å²) in [5, 5.41) is 0. The minimum absolute atomic E-state index is 0.148. The van der Waals surface area contributed by atoms with E-state index in [1.165, 1.54) is 0 Å². The van der Waals surface area contributed by atoms with E-state index in [9.17, 15) is 22.0 Å². The molecule has 1 aromatic carbocycles. The highest BCUT2D eigenvalue weighted by molar-refractivity contribution is 6.71. The average Bonchev–Trinajstić information content (AvgIpc) is 2.52. The molecule has 0 saturated carbocycles. The summed E-state index contributed by atoms with van der Waals surface area (Å²) in [7, 11) is -1.58. The largest absolute Gasteiger partial charge is 0.418 e. The Hall–Kier alpha value is -0.953. The molecule has 0 N–H and O–H groups in total. The first kappa shape index (κ1) is 21.1. The van der Waals surface area contributed by atoms with Crippen LogP contribution in [0.4, 0.5) is 22.0 Å². The van der Waals surface area contributed by atoms with Crippen LogP contribution in [0.3, 0.4) is 0 Å². The van der Waals surface area contributed by atoms with Crippen molar-refractivity contribution in [2.45, 2.75) is 64.6 Å². The first-order valence-corrected chi connectivity index (χ1v) is 11.5. The molecule has 7 heteroatoms. The molecule has 0 aliphatic carbocycles. The molecule has 138 valence electrons. The van der Waals surface area contributed by atoms with Gasteiger partial charge in [-0.25, -0.2) is 22.0 Å². The van der Waals surface area contributed by atoms with Gasteiger partial charge in [0, 0.05) is 12.2 Å². The Morgan fingerprint density at radius 2 is 1.17 bits per heavy atom. The molecule has 0 spiro atoms. The van der Waals surface area contributed by atoms with Crippen LogP contribution < -0.4 is 0 Å². The van der Waals surface area contributed by atoms with Crippen LogP contribution >= 0.6 is 0 Å². The van der Waals surface area contributed by atoms with Crippen molar-refractivity contribution in [2.24, 2.45) is 0 Å². The minimum atomic E-state index is -2.10. The molecule has 0 saturated heterocycles. The third-order valence-electron chi connectivity index (χ3n) is 4.04. The third-order valence-corrected chi connectivity index (χ3v) is 6.67. The van der Waals surface area contributed by atoms with Crippen molar-refractivity contribution >= 4 is 8.32 Å². The highest BCUT2D eigenvalue weighted by Crippen LogP contribution is 2.25. The Kier molecular flexibility index (Phi) is 8.36. The Labute approximate surface area is 141 Å². The number of halogens is 5. The van der Waals surface area contributed by atoms with Gasteiger partial charge >= 0.3 is 0 Å². The lowest BCUT2D eigenvalue weighted by atomic mass is 10.0. The van der Waals surface area contributed by atoms with Gasteiger partial charge in [0.1, 0.15) is 0 Å². The van der Waals surface area contributed by atoms with Gasteiger partial charge in [-0.2, -0.15) is 0 Å². The van der Waals surface area contributed by atoms with E-state index in [0.717, 1.165) is 31.9 Å². The maximum atomic E-state index is 13.5. The molecule has 0 heterocycles. The standard InChI is InChI=1S/C17H25F5OSi/c1-4-23-24(2,3)11-9-7-5-6-8-10-12-13(18)15(20)17(22)16(21)14(12)19/h4-11H2,1-3H3. The zero-order chi connectivity index (χ0) is 18.3. The second kappa shape index (κ2) is 9.51. The average molecular weight is 368 g/mol. The van der Waals surface area contributed by atoms with Crippen molar-refractivity contribution in [3.8, 4) is 0 Å². The molecule has 24 heavy (non-hydrogen) atoms. The Morgan fingerprint density at radius 1 is 0.708 bits per heavy atom. The van der Waals surface area contributed by atoms with Crippen molar-refractivity contribution in [1.29, 1.82) is 0 Å². The SMILES string of the molecule is CCO[Si](C)(C)CCCCCCCc1c(F)c(F)c(F)c(F)c1F. The molecule has 0 bridgehead atoms. The van der Waals surface area contributed by atoms with Crippen molar-refractivity contribution in [3.63, 3.8) is 0 Å². The summed E-state index contributed by atoms with van der Waals surface area (Å²) in [4.78, 5) is 0. The van der Waals surface area contributed by atoms with E-state index < -0.39 is 43.0 Å². The molecular formula is C17H25F5OSi. The van der Waals surface area contributed by atoms with E-state index in [-0.39, 0.29) is 6.42 Å². The number of hydrogen-bond acceptors (Lipinski definition) is 1. The first-order valence-electron chi connectivity index (χ1n) is 8.35. The molecule has 0 radical (unpaired) electrons. The Bertz CT molecular complexity index is 519. The van der Waals surface area contributed by atoms with Crippen LogP contribution in [0.25, 0.3) is 0 Å². The first-order chi connectivity index (χ1) is 11.2. The Balaban J connectivity index is 2.37. The second-order valence-corrected chi connectivity index (χ2v) is 10.8. The fourth-order valence-corrected chi connectivity index (χ4v) is 4.74. The van der Waals surface area contributed by atoms with Gasteiger partial charge in [0.15, 0.2) is 31.6 Å². The lowest BCUT2D eigenvalue weighted by Crippen LogP contribution is -2.29. The van der Waals surface area contributed by atoms with E-state index in [1.54, 1.807) is 0 Å². The van der Waals surface area contributed by atoms with Gasteiger partial charge < -0.3 is 4.43 Å². The normalized spacial score (nSPS) is 12.0. The summed E-state index contributed by atoms with van der Waals surface area (Å²) in [5.74, 6) is -9.26. The molecule has 1 rings (SSSR count). The monoisotopic (exact) mass is 368 g/mol. The van der Waals surface area contributed by atoms with Gasteiger partial charge in [-0.1, -0.05) is 25.7 Å². The molecule has 0 aliphatic heterocycles. The molecule has 0 aromatic heterocycles. The summed E-state index contributed by atoms with van der Waals surface area (Å²) >= 11 is 0. The maximum absolute atomic E-state index is 13.5. The summed E-state index contributed by atoms with van der Waals surface area (Å²) < 4.78 is 71.8. The highest BCUT2D eigenvalue weighted by Gasteiger charge is 2.25. The zero-order valence-corrected chi connectivity index (χ0v) is 15.5. The fraction of sp³-hybridized carbons (Fsp3) is 0.647. The summed E-state index contributed by atoms with van der Waals surface area (Å²) in [5.41, 5.74) is -0.712. The van der Waals surface area contributed by atoms with Crippen LogP contribution in [-0.4, -0.2) is 14.9 Å². The predicted molar refractivity (Wildman–Crippen MR) is 86.9 cm³/mol.